The number of benzene rings is 1. The van der Waals surface area contributed by atoms with Crippen LogP contribution in [0.1, 0.15) is 24.1 Å². The first kappa shape index (κ1) is 8.34. The van der Waals surface area contributed by atoms with Crippen molar-refractivity contribution >= 4 is 13.3 Å². The van der Waals surface area contributed by atoms with E-state index in [0.717, 1.165) is 16.6 Å². The molecule has 0 heterocycles. The van der Waals surface area contributed by atoms with Crippen molar-refractivity contribution in [1.82, 2.24) is 0 Å². The highest BCUT2D eigenvalue weighted by molar-refractivity contribution is 6.33. The van der Waals surface area contributed by atoms with Crippen molar-refractivity contribution in [2.24, 2.45) is 5.73 Å². The summed E-state index contributed by atoms with van der Waals surface area (Å²) >= 11 is 0. The Kier molecular flexibility index (Phi) is 2.35. The van der Waals surface area contributed by atoms with E-state index in [0.29, 0.717) is 0 Å². The summed E-state index contributed by atoms with van der Waals surface area (Å²) in [6, 6.07) is 5.98. The molecular formula is C9H12BN. The van der Waals surface area contributed by atoms with Crippen LogP contribution in [0.25, 0.3) is 0 Å². The Morgan fingerprint density at radius 1 is 1.45 bits per heavy atom. The van der Waals surface area contributed by atoms with E-state index < -0.39 is 0 Å². The first-order valence-corrected chi connectivity index (χ1v) is 3.73. The molecule has 1 aromatic carbocycles. The summed E-state index contributed by atoms with van der Waals surface area (Å²) in [7, 11) is 5.65. The Morgan fingerprint density at radius 3 is 2.55 bits per heavy atom. The Balaban J connectivity index is 3.05. The highest BCUT2D eigenvalue weighted by Crippen LogP contribution is 2.08. The molecule has 0 amide bonds. The molecule has 0 aromatic heterocycles. The maximum absolute atomic E-state index is 5.69. The molecular weight excluding hydrogens is 133 g/mol. The molecule has 2 heteroatoms. The average molecular weight is 145 g/mol. The van der Waals surface area contributed by atoms with Crippen molar-refractivity contribution in [3.05, 3.63) is 29.3 Å². The smallest absolute Gasteiger partial charge is 0.114 e. The summed E-state index contributed by atoms with van der Waals surface area (Å²) in [4.78, 5) is 0. The minimum atomic E-state index is 0.0919. The Bertz CT molecular complexity index is 256. The van der Waals surface area contributed by atoms with Crippen molar-refractivity contribution in [1.29, 1.82) is 0 Å². The van der Waals surface area contributed by atoms with E-state index in [1.54, 1.807) is 0 Å². The van der Waals surface area contributed by atoms with Gasteiger partial charge >= 0.3 is 0 Å². The highest BCUT2D eigenvalue weighted by atomic mass is 14.6. The Morgan fingerprint density at radius 2 is 2.09 bits per heavy atom. The van der Waals surface area contributed by atoms with Gasteiger partial charge in [0.2, 0.25) is 0 Å². The van der Waals surface area contributed by atoms with E-state index in [4.69, 9.17) is 13.6 Å². The molecule has 0 fully saturated rings. The first-order chi connectivity index (χ1) is 5.11. The zero-order chi connectivity index (χ0) is 8.43. The van der Waals surface area contributed by atoms with Crippen molar-refractivity contribution in [2.75, 3.05) is 0 Å². The Labute approximate surface area is 69.0 Å². The third kappa shape index (κ3) is 1.84. The maximum atomic E-state index is 5.69. The molecule has 1 aromatic rings. The average Bonchev–Trinajstić information content (AvgIpc) is 1.94. The zero-order valence-electron chi connectivity index (χ0n) is 6.96. The number of rotatable bonds is 1. The largest absolute Gasteiger partial charge is 0.324 e. The molecule has 11 heavy (non-hydrogen) atoms. The van der Waals surface area contributed by atoms with Crippen LogP contribution in [0.2, 0.25) is 0 Å². The van der Waals surface area contributed by atoms with E-state index in [1.165, 1.54) is 0 Å². The molecule has 0 saturated carbocycles. The molecule has 0 aliphatic heterocycles. The number of hydrogen-bond acceptors (Lipinski definition) is 1. The lowest BCUT2D eigenvalue weighted by atomic mass is 9.89. The van der Waals surface area contributed by atoms with Crippen LogP contribution in [-0.2, 0) is 0 Å². The van der Waals surface area contributed by atoms with E-state index >= 15 is 0 Å². The van der Waals surface area contributed by atoms with Gasteiger partial charge < -0.3 is 5.73 Å². The number of nitrogens with two attached hydrogens (primary N) is 1. The lowest BCUT2D eigenvalue weighted by Crippen LogP contribution is -2.11. The summed E-state index contributed by atoms with van der Waals surface area (Å²) in [5, 5.41) is 0. The van der Waals surface area contributed by atoms with E-state index in [1.807, 2.05) is 32.0 Å². The van der Waals surface area contributed by atoms with Crippen LogP contribution in [0.4, 0.5) is 0 Å². The molecule has 1 nitrogen and oxygen atoms in total. The molecule has 0 saturated heterocycles. The normalized spacial score (nSPS) is 13.0. The third-order valence-electron chi connectivity index (χ3n) is 1.82. The fraction of sp³-hybridized carbons (Fsp3) is 0.333. The second kappa shape index (κ2) is 3.10. The minimum Gasteiger partial charge on any atom is -0.324 e. The topological polar surface area (TPSA) is 26.0 Å². The molecule has 1 rings (SSSR count). The lowest BCUT2D eigenvalue weighted by Gasteiger charge is -2.07. The van der Waals surface area contributed by atoms with Crippen LogP contribution in [0.3, 0.4) is 0 Å². The predicted molar refractivity (Wildman–Crippen MR) is 49.2 cm³/mol. The molecule has 0 bridgehead atoms. The lowest BCUT2D eigenvalue weighted by molar-refractivity contribution is 0.817. The highest BCUT2D eigenvalue weighted by Gasteiger charge is 1.99. The van der Waals surface area contributed by atoms with Crippen LogP contribution < -0.4 is 11.2 Å². The van der Waals surface area contributed by atoms with Crippen molar-refractivity contribution in [3.63, 3.8) is 0 Å². The van der Waals surface area contributed by atoms with Crippen LogP contribution in [-0.4, -0.2) is 7.85 Å². The summed E-state index contributed by atoms with van der Waals surface area (Å²) < 4.78 is 0. The number of aryl methyl sites for hydroxylation is 1. The van der Waals surface area contributed by atoms with Crippen LogP contribution in [0.15, 0.2) is 18.2 Å². The predicted octanol–water partition coefficient (Wildman–Crippen LogP) is 0.809. The second-order valence-corrected chi connectivity index (χ2v) is 2.90. The third-order valence-corrected chi connectivity index (χ3v) is 1.82. The fourth-order valence-corrected chi connectivity index (χ4v) is 0.982. The van der Waals surface area contributed by atoms with E-state index in [9.17, 15) is 0 Å². The summed E-state index contributed by atoms with van der Waals surface area (Å²) in [6.07, 6.45) is 0. The van der Waals surface area contributed by atoms with Crippen LogP contribution in [0, 0.1) is 6.92 Å². The van der Waals surface area contributed by atoms with Gasteiger partial charge in [-0.15, -0.1) is 0 Å². The summed E-state index contributed by atoms with van der Waals surface area (Å²) in [6.45, 7) is 3.95. The SMILES string of the molecule is [B]c1ccc(C(C)N)cc1C. The van der Waals surface area contributed by atoms with Crippen LogP contribution >= 0.6 is 0 Å². The van der Waals surface area contributed by atoms with Gasteiger partial charge in [0.05, 0.1) is 0 Å². The first-order valence-electron chi connectivity index (χ1n) is 3.73. The summed E-state index contributed by atoms with van der Waals surface area (Å²) in [5.74, 6) is 0. The summed E-state index contributed by atoms with van der Waals surface area (Å²) in [5.41, 5.74) is 8.75. The van der Waals surface area contributed by atoms with E-state index in [-0.39, 0.29) is 6.04 Å². The molecule has 1 atom stereocenters. The molecule has 0 aliphatic carbocycles. The zero-order valence-corrected chi connectivity index (χ0v) is 6.96. The van der Waals surface area contributed by atoms with Crippen molar-refractivity contribution in [3.8, 4) is 0 Å². The fourth-order valence-electron chi connectivity index (χ4n) is 0.982. The van der Waals surface area contributed by atoms with Gasteiger partial charge in [0, 0.05) is 6.04 Å². The molecule has 1 unspecified atom stereocenters. The quantitative estimate of drug-likeness (QED) is 0.581. The van der Waals surface area contributed by atoms with Crippen LogP contribution in [0.5, 0.6) is 0 Å². The second-order valence-electron chi connectivity index (χ2n) is 2.90. The van der Waals surface area contributed by atoms with Gasteiger partial charge in [-0.2, -0.15) is 0 Å². The molecule has 2 radical (unpaired) electrons. The van der Waals surface area contributed by atoms with E-state index in [2.05, 4.69) is 0 Å². The molecule has 56 valence electrons. The van der Waals surface area contributed by atoms with Crippen molar-refractivity contribution in [2.45, 2.75) is 19.9 Å². The van der Waals surface area contributed by atoms with Gasteiger partial charge in [-0.1, -0.05) is 29.2 Å². The van der Waals surface area contributed by atoms with Gasteiger partial charge in [-0.25, -0.2) is 0 Å². The molecule has 0 aliphatic rings. The minimum absolute atomic E-state index is 0.0919. The molecule has 0 spiro atoms. The van der Waals surface area contributed by atoms with Crippen molar-refractivity contribution < 1.29 is 0 Å². The molecule has 2 N–H and O–H groups in total. The maximum Gasteiger partial charge on any atom is 0.114 e. The monoisotopic (exact) mass is 145 g/mol. The van der Waals surface area contributed by atoms with Gasteiger partial charge in [-0.05, 0) is 19.4 Å². The van der Waals surface area contributed by atoms with Gasteiger partial charge in [-0.3, -0.25) is 0 Å². The van der Waals surface area contributed by atoms with Gasteiger partial charge in [0.25, 0.3) is 0 Å². The standard InChI is InChI=1S/C9H12BN/c1-6-5-8(7(2)11)3-4-9(6)10/h3-5,7H,11H2,1-2H3. The Hall–Kier alpha value is -0.755. The number of hydrogen-bond donors (Lipinski definition) is 1. The van der Waals surface area contributed by atoms with Gasteiger partial charge in [0.15, 0.2) is 0 Å². The van der Waals surface area contributed by atoms with Gasteiger partial charge in [0.1, 0.15) is 7.85 Å².